The van der Waals surface area contributed by atoms with Gasteiger partial charge in [0.15, 0.2) is 23.4 Å². The first-order valence-corrected chi connectivity index (χ1v) is 12.5. The molecule has 6 rings (SSSR count). The summed E-state index contributed by atoms with van der Waals surface area (Å²) >= 11 is 1.25. The first kappa shape index (κ1) is 23.9. The Balaban J connectivity index is 1.40. The highest BCUT2D eigenvalue weighted by Crippen LogP contribution is 2.46. The average molecular weight is 533 g/mol. The molecule has 192 valence electrons. The minimum atomic E-state index is -1.11. The van der Waals surface area contributed by atoms with Crippen LogP contribution >= 0.6 is 11.3 Å². The van der Waals surface area contributed by atoms with Crippen LogP contribution in [0, 0.1) is 12.7 Å². The Hall–Kier alpha value is -4.51. The number of para-hydroxylation sites is 1. The molecule has 1 aliphatic rings. The lowest BCUT2D eigenvalue weighted by Crippen LogP contribution is -2.43. The van der Waals surface area contributed by atoms with Gasteiger partial charge < -0.3 is 19.3 Å². The minimum absolute atomic E-state index is 0.0310. The average Bonchev–Trinajstić information content (AvgIpc) is 3.38. The van der Waals surface area contributed by atoms with E-state index < -0.39 is 18.0 Å². The Kier molecular flexibility index (Phi) is 5.91. The number of hydrogen-bond donors (Lipinski definition) is 1. The maximum atomic E-state index is 15.1. The highest BCUT2D eigenvalue weighted by Gasteiger charge is 2.30. The van der Waals surface area contributed by atoms with Crippen molar-refractivity contribution in [1.29, 1.82) is 0 Å². The van der Waals surface area contributed by atoms with E-state index in [1.165, 1.54) is 35.6 Å². The third-order valence-corrected chi connectivity index (χ3v) is 7.23. The van der Waals surface area contributed by atoms with Gasteiger partial charge in [-0.25, -0.2) is 24.1 Å². The number of rotatable bonds is 5. The monoisotopic (exact) mass is 532 g/mol. The lowest BCUT2D eigenvalue weighted by Gasteiger charge is -2.30. The van der Waals surface area contributed by atoms with Gasteiger partial charge in [-0.3, -0.25) is 4.90 Å². The zero-order valence-corrected chi connectivity index (χ0v) is 21.2. The highest BCUT2D eigenvalue weighted by molar-refractivity contribution is 7.22. The second-order valence-electron chi connectivity index (χ2n) is 8.75. The fourth-order valence-electron chi connectivity index (χ4n) is 4.42. The van der Waals surface area contributed by atoms with E-state index >= 15 is 4.39 Å². The predicted molar refractivity (Wildman–Crippen MR) is 141 cm³/mol. The van der Waals surface area contributed by atoms with E-state index in [0.29, 0.717) is 43.6 Å². The summed E-state index contributed by atoms with van der Waals surface area (Å²) in [6.45, 7) is 2.03. The van der Waals surface area contributed by atoms with Crippen LogP contribution in [0.2, 0.25) is 0 Å². The van der Waals surface area contributed by atoms with Crippen LogP contribution < -0.4 is 19.1 Å². The fourth-order valence-corrected chi connectivity index (χ4v) is 5.50. The van der Waals surface area contributed by atoms with Crippen molar-refractivity contribution in [1.82, 2.24) is 15.0 Å². The molecule has 0 radical (unpaired) electrons. The molecule has 5 aromatic rings. The first-order valence-electron chi connectivity index (χ1n) is 11.7. The number of hydrogen-bond acceptors (Lipinski definition) is 8. The smallest absolute Gasteiger partial charge is 0.411 e. The molecular weight excluding hydrogens is 511 g/mol. The number of methoxy groups -OCH3 is 1. The third-order valence-electron chi connectivity index (χ3n) is 6.14. The van der Waals surface area contributed by atoms with E-state index in [0.717, 1.165) is 5.56 Å². The van der Waals surface area contributed by atoms with Crippen molar-refractivity contribution in [3.8, 4) is 28.0 Å². The van der Waals surface area contributed by atoms with Crippen LogP contribution in [-0.4, -0.2) is 52.5 Å². The van der Waals surface area contributed by atoms with Gasteiger partial charge in [0.05, 0.1) is 30.9 Å². The second kappa shape index (κ2) is 9.42. The Morgan fingerprint density at radius 2 is 2.03 bits per heavy atom. The summed E-state index contributed by atoms with van der Waals surface area (Å²) < 4.78 is 32.8. The molecule has 0 fully saturated rings. The molecular formula is C27H21FN4O5S. The van der Waals surface area contributed by atoms with Crippen LogP contribution in [0.3, 0.4) is 0 Å². The van der Waals surface area contributed by atoms with Crippen LogP contribution in [0.15, 0.2) is 54.7 Å². The van der Waals surface area contributed by atoms with E-state index in [2.05, 4.69) is 15.0 Å². The summed E-state index contributed by atoms with van der Waals surface area (Å²) in [4.78, 5) is 26.7. The van der Waals surface area contributed by atoms with Crippen molar-refractivity contribution in [2.45, 2.75) is 13.0 Å². The number of amides is 1. The van der Waals surface area contributed by atoms with Crippen LogP contribution in [0.4, 0.5) is 14.9 Å². The van der Waals surface area contributed by atoms with Gasteiger partial charge in [-0.2, -0.15) is 0 Å². The van der Waals surface area contributed by atoms with Crippen molar-refractivity contribution in [2.24, 2.45) is 0 Å². The molecule has 3 aromatic carbocycles. The molecule has 1 unspecified atom stereocenters. The van der Waals surface area contributed by atoms with Gasteiger partial charge >= 0.3 is 6.09 Å². The number of aromatic nitrogens is 3. The van der Waals surface area contributed by atoms with Gasteiger partial charge in [0.2, 0.25) is 5.88 Å². The highest BCUT2D eigenvalue weighted by atomic mass is 32.1. The largest absolute Gasteiger partial charge is 0.486 e. The quantitative estimate of drug-likeness (QED) is 0.308. The third kappa shape index (κ3) is 4.20. The summed E-state index contributed by atoms with van der Waals surface area (Å²) in [5, 5.41) is 10.3. The molecule has 1 N–H and O–H groups in total. The zero-order chi connectivity index (χ0) is 26.4. The van der Waals surface area contributed by atoms with Crippen LogP contribution in [0.25, 0.3) is 31.8 Å². The van der Waals surface area contributed by atoms with Crippen molar-refractivity contribution >= 4 is 44.4 Å². The van der Waals surface area contributed by atoms with Crippen molar-refractivity contribution in [3.05, 3.63) is 66.1 Å². The van der Waals surface area contributed by atoms with E-state index in [4.69, 9.17) is 14.2 Å². The van der Waals surface area contributed by atoms with E-state index in [1.807, 2.05) is 25.1 Å². The minimum Gasteiger partial charge on any atom is -0.486 e. The molecule has 3 heterocycles. The van der Waals surface area contributed by atoms with E-state index in [9.17, 15) is 9.90 Å². The molecule has 0 spiro atoms. The van der Waals surface area contributed by atoms with Crippen molar-refractivity contribution in [2.75, 3.05) is 25.2 Å². The van der Waals surface area contributed by atoms with Crippen molar-refractivity contribution in [3.63, 3.8) is 0 Å². The van der Waals surface area contributed by atoms with Gasteiger partial charge in [0, 0.05) is 17.3 Å². The molecule has 0 bridgehead atoms. The number of aryl methyl sites for hydroxylation is 1. The number of nitrogens with zero attached hydrogens (tertiary/aromatic N) is 4. The van der Waals surface area contributed by atoms with Gasteiger partial charge in [-0.15, -0.1) is 11.3 Å². The molecule has 38 heavy (non-hydrogen) atoms. The fraction of sp³-hybridized carbons (Fsp3) is 0.185. The van der Waals surface area contributed by atoms with Gasteiger partial charge in [0.1, 0.15) is 21.8 Å². The molecule has 9 nitrogen and oxygen atoms in total. The summed E-state index contributed by atoms with van der Waals surface area (Å²) in [5.74, 6) is 0.441. The molecule has 0 saturated heterocycles. The van der Waals surface area contributed by atoms with Crippen LogP contribution in [0.5, 0.6) is 17.4 Å². The SMILES string of the molecule is COc1cnc2c(-c3nc4c(F)cc5c(c4s3)OC(CN(C(=O)O)c3ccccc3)CO5)cc(C)cc2n1. The summed E-state index contributed by atoms with van der Waals surface area (Å²) in [6, 6.07) is 13.8. The normalized spacial score (nSPS) is 14.6. The van der Waals surface area contributed by atoms with Gasteiger partial charge in [-0.1, -0.05) is 18.2 Å². The number of fused-ring (bicyclic) bond motifs is 4. The van der Waals surface area contributed by atoms with Crippen LogP contribution in [-0.2, 0) is 0 Å². The molecule has 1 amide bonds. The van der Waals surface area contributed by atoms with Gasteiger partial charge in [0.25, 0.3) is 0 Å². The zero-order valence-electron chi connectivity index (χ0n) is 20.3. The Morgan fingerprint density at radius 1 is 1.21 bits per heavy atom. The number of halogens is 1. The molecule has 2 aromatic heterocycles. The van der Waals surface area contributed by atoms with Gasteiger partial charge in [-0.05, 0) is 36.8 Å². The summed E-state index contributed by atoms with van der Waals surface area (Å²) in [7, 11) is 1.52. The van der Waals surface area contributed by atoms with Crippen LogP contribution in [0.1, 0.15) is 5.56 Å². The summed E-state index contributed by atoms with van der Waals surface area (Å²) in [6.07, 6.45) is -0.200. The molecule has 1 aliphatic heterocycles. The lowest BCUT2D eigenvalue weighted by atomic mass is 10.1. The van der Waals surface area contributed by atoms with E-state index in [1.54, 1.807) is 24.3 Å². The maximum Gasteiger partial charge on any atom is 0.411 e. The first-order chi connectivity index (χ1) is 18.4. The standard InChI is InChI=1S/C27H21FN4O5S/c1-14-8-17(22-19(9-14)30-21(35-2)11-29-22)26-31-23-18(28)10-20-24(25(23)38-26)37-16(13-36-20)12-32(27(33)34)15-6-4-3-5-7-15/h3-11,16H,12-13H2,1-2H3,(H,33,34). The van der Waals surface area contributed by atoms with E-state index in [-0.39, 0.29) is 24.4 Å². The maximum absolute atomic E-state index is 15.1. The lowest BCUT2D eigenvalue weighted by molar-refractivity contribution is 0.0962. The summed E-state index contributed by atoms with van der Waals surface area (Å²) in [5.41, 5.74) is 3.55. The number of anilines is 1. The Morgan fingerprint density at radius 3 is 2.79 bits per heavy atom. The second-order valence-corrected chi connectivity index (χ2v) is 9.75. The number of carboxylic acid groups (broad SMARTS) is 1. The number of thiazole rings is 1. The van der Waals surface area contributed by atoms with Crippen molar-refractivity contribution < 1.29 is 28.5 Å². The Bertz CT molecular complexity index is 1690. The molecule has 11 heteroatoms. The topological polar surface area (TPSA) is 107 Å². The molecule has 0 saturated carbocycles. The number of carbonyl (C=O) groups is 1. The Labute approximate surface area is 220 Å². The number of benzene rings is 3. The predicted octanol–water partition coefficient (Wildman–Crippen LogP) is 5.69. The number of ether oxygens (including phenoxy) is 3. The molecule has 0 aliphatic carbocycles. The molecule has 1 atom stereocenters.